The molecule has 0 amide bonds. The summed E-state index contributed by atoms with van der Waals surface area (Å²) < 4.78 is 0. The third-order valence-electron chi connectivity index (χ3n) is 2.78. The highest BCUT2D eigenvalue weighted by molar-refractivity contribution is 5.40. The number of benzene rings is 1. The van der Waals surface area contributed by atoms with Gasteiger partial charge in [0, 0.05) is 0 Å². The molecule has 1 rings (SSSR count). The maximum absolute atomic E-state index is 10.2. The van der Waals surface area contributed by atoms with E-state index in [2.05, 4.69) is 16.9 Å². The van der Waals surface area contributed by atoms with Crippen LogP contribution in [-0.2, 0) is 29.1 Å². The van der Waals surface area contributed by atoms with Gasteiger partial charge in [0.2, 0.25) is 12.2 Å². The van der Waals surface area contributed by atoms with E-state index in [1.807, 2.05) is 18.2 Å². The highest BCUT2D eigenvalue weighted by Crippen LogP contribution is 2.19. The van der Waals surface area contributed by atoms with Gasteiger partial charge < -0.3 is 0 Å². The van der Waals surface area contributed by atoms with Crippen molar-refractivity contribution in [3.8, 4) is 0 Å². The van der Waals surface area contributed by atoms with Crippen LogP contribution in [0.15, 0.2) is 28.2 Å². The molecule has 18 heavy (non-hydrogen) atoms. The van der Waals surface area contributed by atoms with Crippen molar-refractivity contribution in [1.29, 1.82) is 0 Å². The molecule has 0 radical (unpaired) electrons. The summed E-state index contributed by atoms with van der Waals surface area (Å²) >= 11 is 0. The van der Waals surface area contributed by atoms with Gasteiger partial charge in [-0.1, -0.05) is 31.5 Å². The van der Waals surface area contributed by atoms with Gasteiger partial charge >= 0.3 is 0 Å². The highest BCUT2D eigenvalue weighted by Gasteiger charge is 2.07. The summed E-state index contributed by atoms with van der Waals surface area (Å²) in [5.74, 6) is 0. The molecule has 1 aromatic rings. The molecule has 0 saturated carbocycles. The molecule has 0 unspecified atom stereocenters. The van der Waals surface area contributed by atoms with Crippen molar-refractivity contribution in [1.82, 2.24) is 0 Å². The van der Waals surface area contributed by atoms with Crippen molar-refractivity contribution >= 4 is 12.2 Å². The van der Waals surface area contributed by atoms with Gasteiger partial charge in [-0.2, -0.15) is 0 Å². The van der Waals surface area contributed by atoms with Crippen LogP contribution in [0.3, 0.4) is 0 Å². The molecule has 94 valence electrons. The second-order valence-corrected chi connectivity index (χ2v) is 3.97. The first-order valence-corrected chi connectivity index (χ1v) is 6.00. The van der Waals surface area contributed by atoms with E-state index in [-0.39, 0.29) is 0 Å². The summed E-state index contributed by atoms with van der Waals surface area (Å²) in [6, 6.07) is 5.78. The summed E-state index contributed by atoms with van der Waals surface area (Å²) in [6.07, 6.45) is 6.15. The molecule has 0 aliphatic carbocycles. The van der Waals surface area contributed by atoms with E-state index in [4.69, 9.17) is 0 Å². The van der Waals surface area contributed by atoms with E-state index in [1.165, 1.54) is 0 Å². The second kappa shape index (κ2) is 8.13. The van der Waals surface area contributed by atoms with Gasteiger partial charge in [-0.25, -0.2) is 19.6 Å². The van der Waals surface area contributed by atoms with Crippen molar-refractivity contribution in [2.45, 2.75) is 39.3 Å². The summed E-state index contributed by atoms with van der Waals surface area (Å²) in [5.41, 5.74) is 3.15. The molecule has 0 aliphatic rings. The zero-order chi connectivity index (χ0) is 13.2. The van der Waals surface area contributed by atoms with E-state index >= 15 is 0 Å². The standard InChI is InChI=1S/C14H16N2O2/c1-2-3-7-14-12(8-15-10-17)5-4-6-13(14)9-16-11-18/h4-6H,2-3,7-9H2,1H3. The molecule has 0 atom stereocenters. The fourth-order valence-electron chi connectivity index (χ4n) is 1.89. The largest absolute Gasteiger partial charge is 0.235 e. The Balaban J connectivity index is 3.06. The Hall–Kier alpha value is -2.02. The summed E-state index contributed by atoms with van der Waals surface area (Å²) in [6.45, 7) is 2.79. The zero-order valence-corrected chi connectivity index (χ0v) is 10.5. The molecule has 0 aromatic heterocycles. The van der Waals surface area contributed by atoms with Crippen molar-refractivity contribution < 1.29 is 9.59 Å². The number of nitrogens with zero attached hydrogens (tertiary/aromatic N) is 2. The SMILES string of the molecule is CCCCc1c(CN=C=O)cccc1CN=C=O. The van der Waals surface area contributed by atoms with Crippen LogP contribution in [-0.4, -0.2) is 12.2 Å². The van der Waals surface area contributed by atoms with Crippen molar-refractivity contribution in [3.63, 3.8) is 0 Å². The molecule has 0 heterocycles. The number of hydrogen-bond donors (Lipinski definition) is 0. The summed E-state index contributed by atoms with van der Waals surface area (Å²) in [4.78, 5) is 27.6. The third kappa shape index (κ3) is 4.10. The average molecular weight is 244 g/mol. The van der Waals surface area contributed by atoms with Crippen LogP contribution in [0.1, 0.15) is 36.5 Å². The molecule has 0 bridgehead atoms. The van der Waals surface area contributed by atoms with Gasteiger partial charge in [0.05, 0.1) is 13.1 Å². The first kappa shape index (κ1) is 14.0. The van der Waals surface area contributed by atoms with Gasteiger partial charge in [0.1, 0.15) is 0 Å². The van der Waals surface area contributed by atoms with Crippen molar-refractivity contribution in [3.05, 3.63) is 34.9 Å². The number of hydrogen-bond acceptors (Lipinski definition) is 4. The Morgan fingerprint density at radius 3 is 2.06 bits per heavy atom. The molecule has 0 fully saturated rings. The topological polar surface area (TPSA) is 58.9 Å². The fraction of sp³-hybridized carbons (Fsp3) is 0.429. The minimum Gasteiger partial charge on any atom is -0.211 e. The Morgan fingerprint density at radius 2 is 1.61 bits per heavy atom. The lowest BCUT2D eigenvalue weighted by Gasteiger charge is -2.11. The average Bonchev–Trinajstić information content (AvgIpc) is 2.41. The van der Waals surface area contributed by atoms with Gasteiger partial charge in [0.25, 0.3) is 0 Å². The lowest BCUT2D eigenvalue weighted by atomic mass is 9.96. The molecular weight excluding hydrogens is 228 g/mol. The van der Waals surface area contributed by atoms with Crippen LogP contribution in [0, 0.1) is 0 Å². The Labute approximate surface area is 106 Å². The monoisotopic (exact) mass is 244 g/mol. The summed E-state index contributed by atoms with van der Waals surface area (Å²) in [5, 5.41) is 0. The third-order valence-corrected chi connectivity index (χ3v) is 2.78. The Kier molecular flexibility index (Phi) is 6.34. The molecule has 0 N–H and O–H groups in total. The number of aliphatic imine (C=N–C) groups is 2. The lowest BCUT2D eigenvalue weighted by Crippen LogP contribution is -1.99. The Bertz CT molecular complexity index is 446. The number of rotatable bonds is 7. The van der Waals surface area contributed by atoms with Gasteiger partial charge in [-0.3, -0.25) is 0 Å². The van der Waals surface area contributed by atoms with E-state index in [1.54, 1.807) is 12.2 Å². The molecule has 1 aromatic carbocycles. The fourth-order valence-corrected chi connectivity index (χ4v) is 1.89. The summed E-state index contributed by atoms with van der Waals surface area (Å²) in [7, 11) is 0. The molecule has 4 heteroatoms. The quantitative estimate of drug-likeness (QED) is 0.547. The van der Waals surface area contributed by atoms with Gasteiger partial charge in [0.15, 0.2) is 0 Å². The molecule has 0 spiro atoms. The first-order valence-electron chi connectivity index (χ1n) is 6.00. The number of isocyanates is 2. The van der Waals surface area contributed by atoms with E-state index in [9.17, 15) is 9.59 Å². The lowest BCUT2D eigenvalue weighted by molar-refractivity contribution is 0.562. The minimum absolute atomic E-state index is 0.335. The number of unbranched alkanes of at least 4 members (excludes halogenated alkanes) is 1. The molecule has 0 saturated heterocycles. The van der Waals surface area contributed by atoms with Gasteiger partial charge in [-0.15, -0.1) is 0 Å². The smallest absolute Gasteiger partial charge is 0.211 e. The van der Waals surface area contributed by atoms with Crippen LogP contribution in [0.5, 0.6) is 0 Å². The van der Waals surface area contributed by atoms with Crippen LogP contribution in [0.25, 0.3) is 0 Å². The van der Waals surface area contributed by atoms with Crippen molar-refractivity contribution in [2.24, 2.45) is 9.98 Å². The van der Waals surface area contributed by atoms with E-state index in [0.29, 0.717) is 13.1 Å². The molecule has 0 aliphatic heterocycles. The van der Waals surface area contributed by atoms with Gasteiger partial charge in [-0.05, 0) is 29.5 Å². The predicted octanol–water partition coefficient (Wildman–Crippen LogP) is 2.70. The minimum atomic E-state index is 0.335. The maximum atomic E-state index is 10.2. The molecular formula is C14H16N2O2. The van der Waals surface area contributed by atoms with E-state index < -0.39 is 0 Å². The van der Waals surface area contributed by atoms with Crippen LogP contribution in [0.4, 0.5) is 0 Å². The maximum Gasteiger partial charge on any atom is 0.235 e. The first-order chi connectivity index (χ1) is 8.83. The zero-order valence-electron chi connectivity index (χ0n) is 10.5. The predicted molar refractivity (Wildman–Crippen MR) is 68.7 cm³/mol. The van der Waals surface area contributed by atoms with Crippen LogP contribution < -0.4 is 0 Å². The number of carbonyl (C=O) groups excluding carboxylic acids is 2. The van der Waals surface area contributed by atoms with Crippen molar-refractivity contribution in [2.75, 3.05) is 0 Å². The second-order valence-electron chi connectivity index (χ2n) is 3.97. The van der Waals surface area contributed by atoms with E-state index in [0.717, 1.165) is 36.0 Å². The molecule has 4 nitrogen and oxygen atoms in total. The normalized spacial score (nSPS) is 9.39. The van der Waals surface area contributed by atoms with Crippen LogP contribution in [0.2, 0.25) is 0 Å². The Morgan fingerprint density at radius 1 is 1.06 bits per heavy atom. The van der Waals surface area contributed by atoms with Crippen LogP contribution >= 0.6 is 0 Å². The highest BCUT2D eigenvalue weighted by atomic mass is 16.1.